The third kappa shape index (κ3) is 3.08. The zero-order chi connectivity index (χ0) is 19.1. The Hall–Kier alpha value is -3.03. The molecule has 1 amide bonds. The highest BCUT2D eigenvalue weighted by Crippen LogP contribution is 2.37. The van der Waals surface area contributed by atoms with Gasteiger partial charge in [0.25, 0.3) is 0 Å². The summed E-state index contributed by atoms with van der Waals surface area (Å²) in [7, 11) is 0. The lowest BCUT2D eigenvalue weighted by molar-refractivity contribution is -0.131. The number of hydrogen-bond donors (Lipinski definition) is 0. The Morgan fingerprint density at radius 3 is 2.75 bits per heavy atom. The molecule has 1 saturated carbocycles. The Morgan fingerprint density at radius 2 is 2.07 bits per heavy atom. The van der Waals surface area contributed by atoms with Crippen LogP contribution in [0.3, 0.4) is 0 Å². The molecular weight excluding hydrogens is 356 g/mol. The zero-order valence-corrected chi connectivity index (χ0v) is 15.8. The van der Waals surface area contributed by atoms with Gasteiger partial charge in [0.05, 0.1) is 18.7 Å². The van der Waals surface area contributed by atoms with Crippen molar-refractivity contribution >= 4 is 5.91 Å². The molecule has 144 valence electrons. The van der Waals surface area contributed by atoms with Crippen LogP contribution in [0, 0.1) is 6.92 Å². The van der Waals surface area contributed by atoms with Gasteiger partial charge >= 0.3 is 0 Å². The van der Waals surface area contributed by atoms with Gasteiger partial charge in [-0.3, -0.25) is 4.79 Å². The molecule has 1 aliphatic heterocycles. The van der Waals surface area contributed by atoms with Crippen molar-refractivity contribution in [2.45, 2.75) is 51.5 Å². The fraction of sp³-hybridized carbons (Fsp3) is 0.450. The van der Waals surface area contributed by atoms with Crippen LogP contribution in [0.15, 0.2) is 28.7 Å². The lowest BCUT2D eigenvalue weighted by atomic mass is 9.85. The fourth-order valence-corrected chi connectivity index (χ4v) is 3.77. The Kier molecular flexibility index (Phi) is 4.18. The van der Waals surface area contributed by atoms with Crippen LogP contribution in [-0.4, -0.2) is 42.5 Å². The highest BCUT2D eigenvalue weighted by molar-refractivity contribution is 5.79. The van der Waals surface area contributed by atoms with Crippen LogP contribution in [0.4, 0.5) is 0 Å². The average Bonchev–Trinajstić information content (AvgIpc) is 3.26. The van der Waals surface area contributed by atoms with Gasteiger partial charge < -0.3 is 9.32 Å². The molecule has 0 saturated heterocycles. The van der Waals surface area contributed by atoms with Gasteiger partial charge in [0.1, 0.15) is 11.5 Å². The maximum absolute atomic E-state index is 12.8. The van der Waals surface area contributed by atoms with Crippen molar-refractivity contribution in [2.75, 3.05) is 6.54 Å². The highest BCUT2D eigenvalue weighted by Gasteiger charge is 2.30. The number of rotatable bonds is 4. The largest absolute Gasteiger partial charge is 0.445 e. The number of carbonyl (C=O) groups excluding carboxylic acids is 1. The molecule has 3 heterocycles. The lowest BCUT2D eigenvalue weighted by Gasteiger charge is -2.25. The SMILES string of the molecule is Cc1nnnn1-c1ccc(CC(=O)N2CCc3oc(C4CCC4)nc3C2)cc1. The number of aromatic nitrogens is 5. The first-order valence-corrected chi connectivity index (χ1v) is 9.78. The predicted octanol–water partition coefficient (Wildman–Crippen LogP) is 2.35. The van der Waals surface area contributed by atoms with Crippen molar-refractivity contribution in [3.8, 4) is 5.69 Å². The van der Waals surface area contributed by atoms with Gasteiger partial charge in [-0.1, -0.05) is 18.6 Å². The summed E-state index contributed by atoms with van der Waals surface area (Å²) in [6.45, 7) is 3.08. The third-order valence-electron chi connectivity index (χ3n) is 5.71. The average molecular weight is 378 g/mol. The van der Waals surface area contributed by atoms with Crippen molar-refractivity contribution in [1.82, 2.24) is 30.1 Å². The van der Waals surface area contributed by atoms with Crippen molar-refractivity contribution < 1.29 is 9.21 Å². The van der Waals surface area contributed by atoms with Crippen molar-refractivity contribution in [3.63, 3.8) is 0 Å². The van der Waals surface area contributed by atoms with Crippen molar-refractivity contribution in [3.05, 3.63) is 53.0 Å². The smallest absolute Gasteiger partial charge is 0.227 e. The standard InChI is InChI=1S/C20H22N6O2/c1-13-22-23-24-26(13)16-7-5-14(6-8-16)11-19(27)25-10-9-18-17(12-25)21-20(28-18)15-3-2-4-15/h5-8,15H,2-4,9-12H2,1H3. The van der Waals surface area contributed by atoms with Crippen molar-refractivity contribution in [2.24, 2.45) is 0 Å². The molecule has 8 heteroatoms. The van der Waals surface area contributed by atoms with E-state index in [-0.39, 0.29) is 5.91 Å². The van der Waals surface area contributed by atoms with Crippen LogP contribution in [0.2, 0.25) is 0 Å². The van der Waals surface area contributed by atoms with Gasteiger partial charge in [-0.05, 0) is 47.9 Å². The topological polar surface area (TPSA) is 89.9 Å². The molecule has 1 aliphatic carbocycles. The van der Waals surface area contributed by atoms with Gasteiger partial charge in [-0.25, -0.2) is 4.98 Å². The number of amides is 1. The molecule has 8 nitrogen and oxygen atoms in total. The molecule has 1 fully saturated rings. The number of benzene rings is 1. The summed E-state index contributed by atoms with van der Waals surface area (Å²) in [5.74, 6) is 3.16. The van der Waals surface area contributed by atoms with Gasteiger partial charge in [0.2, 0.25) is 5.91 Å². The molecule has 2 aromatic heterocycles. The number of fused-ring (bicyclic) bond motifs is 1. The summed E-state index contributed by atoms with van der Waals surface area (Å²) in [5, 5.41) is 11.5. The molecule has 2 aliphatic rings. The van der Waals surface area contributed by atoms with E-state index in [2.05, 4.69) is 20.5 Å². The minimum absolute atomic E-state index is 0.116. The van der Waals surface area contributed by atoms with Crippen LogP contribution < -0.4 is 0 Å². The molecule has 3 aromatic rings. The predicted molar refractivity (Wildman–Crippen MR) is 99.8 cm³/mol. The van der Waals surface area contributed by atoms with Gasteiger partial charge in [-0.15, -0.1) is 5.10 Å². The zero-order valence-electron chi connectivity index (χ0n) is 15.8. The number of oxazole rings is 1. The molecular formula is C20H22N6O2. The Morgan fingerprint density at radius 1 is 1.25 bits per heavy atom. The first-order chi connectivity index (χ1) is 13.7. The van der Waals surface area contributed by atoms with Gasteiger partial charge in [-0.2, -0.15) is 4.68 Å². The summed E-state index contributed by atoms with van der Waals surface area (Å²) in [6.07, 6.45) is 4.72. The summed E-state index contributed by atoms with van der Waals surface area (Å²) < 4.78 is 7.62. The number of nitrogens with zero attached hydrogens (tertiary/aromatic N) is 6. The van der Waals surface area contributed by atoms with Crippen LogP contribution in [0.5, 0.6) is 0 Å². The Balaban J connectivity index is 1.24. The van der Waals surface area contributed by atoms with Crippen molar-refractivity contribution in [1.29, 1.82) is 0 Å². The van der Waals surface area contributed by atoms with E-state index in [1.807, 2.05) is 36.1 Å². The van der Waals surface area contributed by atoms with Crippen LogP contribution in [0.25, 0.3) is 5.69 Å². The van der Waals surface area contributed by atoms with Crippen LogP contribution in [-0.2, 0) is 24.2 Å². The highest BCUT2D eigenvalue weighted by atomic mass is 16.4. The fourth-order valence-electron chi connectivity index (χ4n) is 3.77. The molecule has 0 bridgehead atoms. The van der Waals surface area contributed by atoms with E-state index in [9.17, 15) is 4.79 Å². The van der Waals surface area contributed by atoms with E-state index in [0.29, 0.717) is 25.4 Å². The number of carbonyl (C=O) groups is 1. The summed E-state index contributed by atoms with van der Waals surface area (Å²) in [6, 6.07) is 7.77. The minimum atomic E-state index is 0.116. The third-order valence-corrected chi connectivity index (χ3v) is 5.71. The second-order valence-corrected chi connectivity index (χ2v) is 7.60. The molecule has 0 atom stereocenters. The van der Waals surface area contributed by atoms with E-state index in [1.165, 1.54) is 19.3 Å². The van der Waals surface area contributed by atoms with E-state index < -0.39 is 0 Å². The first-order valence-electron chi connectivity index (χ1n) is 9.78. The maximum Gasteiger partial charge on any atom is 0.227 e. The van der Waals surface area contributed by atoms with Crippen LogP contribution >= 0.6 is 0 Å². The minimum Gasteiger partial charge on any atom is -0.445 e. The monoisotopic (exact) mass is 378 g/mol. The number of hydrogen-bond acceptors (Lipinski definition) is 6. The summed E-state index contributed by atoms with van der Waals surface area (Å²) >= 11 is 0. The normalized spacial score (nSPS) is 16.7. The summed E-state index contributed by atoms with van der Waals surface area (Å²) in [4.78, 5) is 19.3. The Bertz CT molecular complexity index is 1000. The Labute approximate surface area is 162 Å². The van der Waals surface area contributed by atoms with E-state index in [0.717, 1.165) is 40.8 Å². The van der Waals surface area contributed by atoms with Gasteiger partial charge in [0, 0.05) is 18.9 Å². The molecule has 0 radical (unpaired) electrons. The molecule has 1 aromatic carbocycles. The lowest BCUT2D eigenvalue weighted by Crippen LogP contribution is -2.36. The first kappa shape index (κ1) is 17.1. The molecule has 5 rings (SSSR count). The van der Waals surface area contributed by atoms with E-state index in [1.54, 1.807) is 4.68 Å². The van der Waals surface area contributed by atoms with E-state index >= 15 is 0 Å². The number of aryl methyl sites for hydroxylation is 1. The maximum atomic E-state index is 12.8. The quantitative estimate of drug-likeness (QED) is 0.692. The van der Waals surface area contributed by atoms with Crippen LogP contribution in [0.1, 0.15) is 53.9 Å². The summed E-state index contributed by atoms with van der Waals surface area (Å²) in [5.41, 5.74) is 2.79. The second-order valence-electron chi connectivity index (χ2n) is 7.60. The van der Waals surface area contributed by atoms with Gasteiger partial charge in [0.15, 0.2) is 11.7 Å². The number of tetrazole rings is 1. The second kappa shape index (κ2) is 6.85. The molecule has 0 spiro atoms. The molecule has 0 N–H and O–H groups in total. The van der Waals surface area contributed by atoms with E-state index in [4.69, 9.17) is 4.42 Å². The molecule has 0 unspecified atom stereocenters. The molecule has 28 heavy (non-hydrogen) atoms.